The van der Waals surface area contributed by atoms with E-state index in [4.69, 9.17) is 0 Å². The highest BCUT2D eigenvalue weighted by Crippen LogP contribution is 2.16. The minimum atomic E-state index is -0.235. The largest absolute Gasteiger partial charge is 0.508 e. The van der Waals surface area contributed by atoms with Gasteiger partial charge in [-0.05, 0) is 48.0 Å². The van der Waals surface area contributed by atoms with E-state index in [9.17, 15) is 9.90 Å². The quantitative estimate of drug-likeness (QED) is 0.503. The van der Waals surface area contributed by atoms with Gasteiger partial charge in [-0.25, -0.2) is 4.98 Å². The smallest absolute Gasteiger partial charge is 0.282 e. The number of phenols is 1. The van der Waals surface area contributed by atoms with Crippen molar-refractivity contribution in [1.29, 1.82) is 0 Å². The molecule has 0 unspecified atom stereocenters. The highest BCUT2D eigenvalue weighted by atomic mass is 79.9. The molecule has 0 amide bonds. The van der Waals surface area contributed by atoms with Gasteiger partial charge < -0.3 is 5.11 Å². The van der Waals surface area contributed by atoms with Crippen LogP contribution in [0.15, 0.2) is 56.8 Å². The number of halogens is 2. The Balaban J connectivity index is 2.13. The summed E-state index contributed by atoms with van der Waals surface area (Å²) in [4.78, 5) is 17.1. The third-order valence-corrected chi connectivity index (χ3v) is 4.21. The monoisotopic (exact) mass is 435 g/mol. The molecule has 1 aromatic heterocycles. The van der Waals surface area contributed by atoms with Gasteiger partial charge in [0.25, 0.3) is 5.56 Å². The van der Waals surface area contributed by atoms with Gasteiger partial charge in [0.15, 0.2) is 0 Å². The first-order valence-electron chi connectivity index (χ1n) is 6.69. The van der Waals surface area contributed by atoms with Crippen molar-refractivity contribution in [2.45, 2.75) is 5.33 Å². The van der Waals surface area contributed by atoms with Crippen LogP contribution < -0.4 is 5.56 Å². The van der Waals surface area contributed by atoms with Crippen LogP contribution in [-0.2, 0) is 5.33 Å². The van der Waals surface area contributed by atoms with Crippen LogP contribution in [-0.4, -0.2) is 21.0 Å². The van der Waals surface area contributed by atoms with E-state index in [1.165, 1.54) is 4.68 Å². The third kappa shape index (κ3) is 3.35. The molecule has 0 saturated heterocycles. The normalized spacial score (nSPS) is 11.4. The average molecular weight is 437 g/mol. The van der Waals surface area contributed by atoms with Crippen LogP contribution in [0.2, 0.25) is 0 Å². The van der Waals surface area contributed by atoms with E-state index < -0.39 is 0 Å². The molecule has 0 radical (unpaired) electrons. The highest BCUT2D eigenvalue weighted by Gasteiger charge is 2.09. The first-order valence-corrected chi connectivity index (χ1v) is 8.60. The van der Waals surface area contributed by atoms with Crippen molar-refractivity contribution in [2.75, 3.05) is 0 Å². The van der Waals surface area contributed by atoms with Gasteiger partial charge in [-0.3, -0.25) is 4.79 Å². The van der Waals surface area contributed by atoms with E-state index in [2.05, 4.69) is 41.9 Å². The number of rotatable bonds is 3. The Kier molecular flexibility index (Phi) is 4.58. The molecule has 3 rings (SSSR count). The molecular weight excluding hydrogens is 426 g/mol. The van der Waals surface area contributed by atoms with Gasteiger partial charge in [-0.2, -0.15) is 9.78 Å². The third-order valence-electron chi connectivity index (χ3n) is 3.21. The lowest BCUT2D eigenvalue weighted by Gasteiger charge is -2.07. The molecule has 116 valence electrons. The van der Waals surface area contributed by atoms with E-state index in [-0.39, 0.29) is 11.3 Å². The second-order valence-electron chi connectivity index (χ2n) is 4.78. The predicted octanol–water partition coefficient (Wildman–Crippen LogP) is 3.64. The van der Waals surface area contributed by atoms with Gasteiger partial charge in [0.2, 0.25) is 0 Å². The molecule has 0 aliphatic rings. The van der Waals surface area contributed by atoms with E-state index >= 15 is 0 Å². The summed E-state index contributed by atoms with van der Waals surface area (Å²) in [5, 5.41) is 14.4. The number of alkyl halides is 1. The summed E-state index contributed by atoms with van der Waals surface area (Å²) in [7, 11) is 0. The minimum Gasteiger partial charge on any atom is -0.508 e. The Morgan fingerprint density at radius 2 is 1.96 bits per heavy atom. The van der Waals surface area contributed by atoms with E-state index in [0.717, 1.165) is 10.0 Å². The lowest BCUT2D eigenvalue weighted by Crippen LogP contribution is -2.21. The fourth-order valence-corrected chi connectivity index (χ4v) is 2.81. The minimum absolute atomic E-state index is 0.178. The topological polar surface area (TPSA) is 67.5 Å². The van der Waals surface area contributed by atoms with Crippen molar-refractivity contribution in [1.82, 2.24) is 9.66 Å². The first kappa shape index (κ1) is 15.9. The van der Waals surface area contributed by atoms with E-state index in [1.807, 2.05) is 6.07 Å². The maximum atomic E-state index is 12.7. The van der Waals surface area contributed by atoms with Crippen LogP contribution in [0.25, 0.3) is 10.9 Å². The molecule has 2 aromatic carbocycles. The Labute approximate surface area is 148 Å². The first-order chi connectivity index (χ1) is 11.1. The van der Waals surface area contributed by atoms with Gasteiger partial charge in [0, 0.05) is 4.47 Å². The number of nitrogens with zero attached hydrogens (tertiary/aromatic N) is 3. The summed E-state index contributed by atoms with van der Waals surface area (Å²) in [6.45, 7) is 0. The fourth-order valence-electron chi connectivity index (χ4n) is 2.09. The lowest BCUT2D eigenvalue weighted by atomic mass is 10.2. The lowest BCUT2D eigenvalue weighted by molar-refractivity contribution is 0.475. The van der Waals surface area contributed by atoms with Gasteiger partial charge >= 0.3 is 0 Å². The van der Waals surface area contributed by atoms with E-state index in [1.54, 1.807) is 42.6 Å². The zero-order valence-electron chi connectivity index (χ0n) is 11.8. The molecule has 0 spiro atoms. The zero-order chi connectivity index (χ0) is 16.4. The maximum Gasteiger partial charge on any atom is 0.282 e. The summed E-state index contributed by atoms with van der Waals surface area (Å²) < 4.78 is 2.08. The van der Waals surface area contributed by atoms with Crippen molar-refractivity contribution < 1.29 is 5.11 Å². The fraction of sp³-hybridized carbons (Fsp3) is 0.0625. The Bertz CT molecular complexity index is 950. The predicted molar refractivity (Wildman–Crippen MR) is 97.4 cm³/mol. The molecule has 0 aliphatic heterocycles. The van der Waals surface area contributed by atoms with Gasteiger partial charge in [-0.15, -0.1) is 0 Å². The Morgan fingerprint density at radius 1 is 1.22 bits per heavy atom. The van der Waals surface area contributed by atoms with Crippen LogP contribution in [0.4, 0.5) is 0 Å². The molecular formula is C16H11Br2N3O2. The number of aromatic nitrogens is 2. The summed E-state index contributed by atoms with van der Waals surface area (Å²) in [6, 6.07) is 11.9. The number of benzene rings is 2. The standard InChI is InChI=1S/C16H11Br2N3O2/c17-8-15-20-14-6-3-11(18)7-13(14)16(23)21(15)19-9-10-1-4-12(22)5-2-10/h1-7,9,22H,8H2/b19-9+. The van der Waals surface area contributed by atoms with Gasteiger partial charge in [-0.1, -0.05) is 31.9 Å². The van der Waals surface area contributed by atoms with Gasteiger partial charge in [0.1, 0.15) is 11.6 Å². The average Bonchev–Trinajstić information content (AvgIpc) is 2.56. The summed E-state index contributed by atoms with van der Waals surface area (Å²) in [5.74, 6) is 0.692. The Morgan fingerprint density at radius 3 is 2.65 bits per heavy atom. The molecule has 3 aromatic rings. The second-order valence-corrected chi connectivity index (χ2v) is 6.25. The van der Waals surface area contributed by atoms with Crippen molar-refractivity contribution in [3.8, 4) is 5.75 Å². The number of hydrogen-bond acceptors (Lipinski definition) is 4. The molecule has 1 N–H and O–H groups in total. The second kappa shape index (κ2) is 6.64. The van der Waals surface area contributed by atoms with Gasteiger partial charge in [0.05, 0.1) is 22.4 Å². The maximum absolute atomic E-state index is 12.7. The molecule has 0 aliphatic carbocycles. The number of fused-ring (bicyclic) bond motifs is 1. The van der Waals surface area contributed by atoms with E-state index in [0.29, 0.717) is 22.1 Å². The van der Waals surface area contributed by atoms with Crippen molar-refractivity contribution in [3.63, 3.8) is 0 Å². The van der Waals surface area contributed by atoms with Crippen molar-refractivity contribution >= 4 is 49.0 Å². The number of aromatic hydroxyl groups is 1. The molecule has 0 fully saturated rings. The number of hydrogen-bond donors (Lipinski definition) is 1. The zero-order valence-corrected chi connectivity index (χ0v) is 15.0. The SMILES string of the molecule is O=c1c2cc(Br)ccc2nc(CBr)n1/N=C/c1ccc(O)cc1. The van der Waals surface area contributed by atoms with Crippen LogP contribution in [0, 0.1) is 0 Å². The summed E-state index contributed by atoms with van der Waals surface area (Å²) >= 11 is 6.70. The molecule has 0 saturated carbocycles. The molecule has 7 heteroatoms. The molecule has 5 nitrogen and oxygen atoms in total. The summed E-state index contributed by atoms with van der Waals surface area (Å²) in [5.41, 5.74) is 1.16. The van der Waals surface area contributed by atoms with Crippen LogP contribution >= 0.6 is 31.9 Å². The van der Waals surface area contributed by atoms with Crippen LogP contribution in [0.1, 0.15) is 11.4 Å². The summed E-state index contributed by atoms with van der Waals surface area (Å²) in [6.07, 6.45) is 1.55. The highest BCUT2D eigenvalue weighted by molar-refractivity contribution is 9.10. The van der Waals surface area contributed by atoms with Crippen LogP contribution in [0.3, 0.4) is 0 Å². The number of phenolic OH excluding ortho intramolecular Hbond substituents is 1. The van der Waals surface area contributed by atoms with Crippen LogP contribution in [0.5, 0.6) is 5.75 Å². The Hall–Kier alpha value is -1.99. The van der Waals surface area contributed by atoms with Crippen molar-refractivity contribution in [2.24, 2.45) is 5.10 Å². The molecule has 23 heavy (non-hydrogen) atoms. The molecule has 0 atom stereocenters. The molecule has 0 bridgehead atoms. The molecule has 1 heterocycles. The van der Waals surface area contributed by atoms with Crippen molar-refractivity contribution in [3.05, 3.63) is 68.7 Å².